The fourth-order valence-electron chi connectivity index (χ4n) is 3.92. The lowest BCUT2D eigenvalue weighted by molar-refractivity contribution is 0.0996. The number of rotatable bonds is 4. The molecule has 0 fully saturated rings. The fourth-order valence-corrected chi connectivity index (χ4v) is 3.92. The van der Waals surface area contributed by atoms with Gasteiger partial charge >= 0.3 is 0 Å². The van der Waals surface area contributed by atoms with Crippen LogP contribution in [-0.2, 0) is 0 Å². The van der Waals surface area contributed by atoms with Gasteiger partial charge in [0, 0.05) is 12.1 Å². The molecule has 0 aliphatic heterocycles. The van der Waals surface area contributed by atoms with E-state index in [0.29, 0.717) is 16.8 Å². The van der Waals surface area contributed by atoms with E-state index in [0.717, 1.165) is 6.07 Å². The van der Waals surface area contributed by atoms with E-state index in [2.05, 4.69) is 25.5 Å². The van der Waals surface area contributed by atoms with E-state index < -0.39 is 17.3 Å². The summed E-state index contributed by atoms with van der Waals surface area (Å²) < 4.78 is 21.6. The maximum absolute atomic E-state index is 13.4. The highest BCUT2D eigenvalue weighted by atomic mass is 19.1. The molecule has 4 aromatic heterocycles. The Balaban J connectivity index is 1.41. The number of nitrogens with one attached hydrogen (secondary N) is 2. The Kier molecular flexibility index (Phi) is 5.00. The molecule has 12 heteroatoms. The summed E-state index contributed by atoms with van der Waals surface area (Å²) in [5.41, 5.74) is 0.648. The van der Waals surface area contributed by atoms with Crippen LogP contribution in [-0.4, -0.2) is 35.4 Å². The topological polar surface area (TPSA) is 141 Å². The van der Waals surface area contributed by atoms with Crippen LogP contribution >= 0.6 is 0 Å². The Labute approximate surface area is 205 Å². The first-order valence-electron chi connectivity index (χ1n) is 11.0. The molecular weight excluding hydrogens is 481 g/mol. The molecule has 0 aliphatic rings. The summed E-state index contributed by atoms with van der Waals surface area (Å²) in [4.78, 5) is 45.3. The third-order valence-corrected chi connectivity index (χ3v) is 5.63. The smallest absolute Gasteiger partial charge is 0.292 e. The molecule has 6 rings (SSSR count). The number of benzene rings is 2. The number of carbonyl (C=O) groups excluding carboxylic acids is 1. The van der Waals surface area contributed by atoms with Gasteiger partial charge in [-0.15, -0.1) is 0 Å². The quantitative estimate of drug-likeness (QED) is 0.381. The number of aromatic nitrogens is 6. The number of para-hydroxylation sites is 1. The zero-order valence-corrected chi connectivity index (χ0v) is 19.1. The van der Waals surface area contributed by atoms with Gasteiger partial charge in [0.2, 0.25) is 5.95 Å². The van der Waals surface area contributed by atoms with Crippen molar-refractivity contribution in [3.8, 4) is 11.6 Å². The molecule has 0 saturated carbocycles. The van der Waals surface area contributed by atoms with Gasteiger partial charge in [0.05, 0.1) is 23.0 Å². The number of carbonyl (C=O) groups is 1. The number of amides is 1. The van der Waals surface area contributed by atoms with E-state index in [-0.39, 0.29) is 39.6 Å². The average molecular weight is 497 g/mol. The molecule has 0 aliphatic carbocycles. The molecule has 11 nitrogen and oxygen atoms in total. The summed E-state index contributed by atoms with van der Waals surface area (Å²) in [6.07, 6.45) is 1.35. The first-order valence-corrected chi connectivity index (χ1v) is 11.0. The highest BCUT2D eigenvalue weighted by Crippen LogP contribution is 2.19. The van der Waals surface area contributed by atoms with Crippen LogP contribution in [0.3, 0.4) is 0 Å². The van der Waals surface area contributed by atoms with Gasteiger partial charge in [-0.2, -0.15) is 19.9 Å². The third kappa shape index (κ3) is 3.86. The lowest BCUT2D eigenvalue weighted by Gasteiger charge is -2.09. The average Bonchev–Trinajstić information content (AvgIpc) is 3.48. The van der Waals surface area contributed by atoms with Crippen molar-refractivity contribution in [2.45, 2.75) is 6.92 Å². The van der Waals surface area contributed by atoms with Crippen molar-refractivity contribution in [1.82, 2.24) is 29.5 Å². The van der Waals surface area contributed by atoms with Crippen molar-refractivity contribution < 1.29 is 13.6 Å². The first-order chi connectivity index (χ1) is 17.9. The molecule has 0 unspecified atom stereocenters. The molecule has 0 atom stereocenters. The maximum atomic E-state index is 13.4. The van der Waals surface area contributed by atoms with Gasteiger partial charge in [0.15, 0.2) is 16.8 Å². The number of nitrogens with zero attached hydrogens (tertiary/aromatic N) is 5. The van der Waals surface area contributed by atoms with Crippen LogP contribution in [0, 0.1) is 12.7 Å². The lowest BCUT2D eigenvalue weighted by Crippen LogP contribution is -2.20. The number of aryl methyl sites for hydroxylation is 1. The Morgan fingerprint density at radius 1 is 1.03 bits per heavy atom. The summed E-state index contributed by atoms with van der Waals surface area (Å²) in [7, 11) is 0. The van der Waals surface area contributed by atoms with Crippen LogP contribution in [0.15, 0.2) is 80.9 Å². The van der Waals surface area contributed by atoms with Crippen LogP contribution in [0.2, 0.25) is 0 Å². The van der Waals surface area contributed by atoms with Crippen molar-refractivity contribution in [3.63, 3.8) is 0 Å². The molecular formula is C25H16FN7O4. The fraction of sp³-hybridized carbons (Fsp3) is 0.0400. The monoisotopic (exact) mass is 497 g/mol. The minimum Gasteiger partial charge on any atom is -0.451 e. The standard InChI is InChI=1S/C25H16FN7O4/c1-13-10-21(28-24(36)20-11-18(34)16-4-2-3-5-19(16)37-20)33(31-13)25-29-22-17(23(35)30-25)12-27-32(22)15-8-6-14(26)7-9-15/h2-12H,1H3,(H,28,36)(H,29,30,35). The number of halogens is 1. The number of anilines is 1. The largest absolute Gasteiger partial charge is 0.451 e. The first kappa shape index (κ1) is 22.1. The normalized spacial score (nSPS) is 11.3. The van der Waals surface area contributed by atoms with E-state index in [4.69, 9.17) is 4.42 Å². The van der Waals surface area contributed by atoms with Gasteiger partial charge in [-0.1, -0.05) is 12.1 Å². The molecule has 4 heterocycles. The lowest BCUT2D eigenvalue weighted by atomic mass is 10.2. The molecule has 182 valence electrons. The number of fused-ring (bicyclic) bond motifs is 2. The van der Waals surface area contributed by atoms with Gasteiger partial charge in [-0.25, -0.2) is 9.07 Å². The zero-order chi connectivity index (χ0) is 25.7. The highest BCUT2D eigenvalue weighted by Gasteiger charge is 2.19. The molecule has 2 N–H and O–H groups in total. The van der Waals surface area contributed by atoms with E-state index in [1.165, 1.54) is 39.8 Å². The summed E-state index contributed by atoms with van der Waals surface area (Å²) in [6.45, 7) is 1.70. The van der Waals surface area contributed by atoms with Crippen molar-refractivity contribution in [1.29, 1.82) is 0 Å². The second-order valence-electron chi connectivity index (χ2n) is 8.17. The van der Waals surface area contributed by atoms with Gasteiger partial charge in [-0.05, 0) is 43.3 Å². The summed E-state index contributed by atoms with van der Waals surface area (Å²) in [6, 6.07) is 14.8. The van der Waals surface area contributed by atoms with E-state index in [9.17, 15) is 18.8 Å². The number of H-pyrrole nitrogens is 1. The Morgan fingerprint density at radius 2 is 1.81 bits per heavy atom. The van der Waals surface area contributed by atoms with Crippen molar-refractivity contribution in [3.05, 3.63) is 105 Å². The van der Waals surface area contributed by atoms with E-state index in [1.807, 2.05) is 0 Å². The Morgan fingerprint density at radius 3 is 2.62 bits per heavy atom. The van der Waals surface area contributed by atoms with Gasteiger partial charge in [-0.3, -0.25) is 19.4 Å². The Bertz CT molecular complexity index is 1950. The molecule has 0 spiro atoms. The minimum atomic E-state index is -0.691. The van der Waals surface area contributed by atoms with Crippen molar-refractivity contribution in [2.24, 2.45) is 0 Å². The zero-order valence-electron chi connectivity index (χ0n) is 19.1. The predicted octanol–water partition coefficient (Wildman–Crippen LogP) is 3.10. The molecule has 0 radical (unpaired) electrons. The van der Waals surface area contributed by atoms with Crippen LogP contribution < -0.4 is 16.3 Å². The van der Waals surface area contributed by atoms with Crippen LogP contribution in [0.25, 0.3) is 33.6 Å². The number of hydrogen-bond acceptors (Lipinski definition) is 7. The van der Waals surface area contributed by atoms with Gasteiger partial charge in [0.1, 0.15) is 22.6 Å². The molecule has 0 bridgehead atoms. The Hall–Kier alpha value is -5.39. The molecule has 1 amide bonds. The van der Waals surface area contributed by atoms with Crippen LogP contribution in [0.4, 0.5) is 10.2 Å². The second kappa shape index (κ2) is 8.37. The summed E-state index contributed by atoms with van der Waals surface area (Å²) in [5.74, 6) is -1.12. The maximum Gasteiger partial charge on any atom is 0.292 e. The highest BCUT2D eigenvalue weighted by molar-refractivity contribution is 6.02. The molecule has 0 saturated heterocycles. The van der Waals surface area contributed by atoms with Gasteiger partial charge < -0.3 is 9.73 Å². The predicted molar refractivity (Wildman–Crippen MR) is 132 cm³/mol. The second-order valence-corrected chi connectivity index (χ2v) is 8.17. The third-order valence-electron chi connectivity index (χ3n) is 5.63. The van der Waals surface area contributed by atoms with E-state index >= 15 is 0 Å². The molecule has 37 heavy (non-hydrogen) atoms. The number of hydrogen-bond donors (Lipinski definition) is 2. The number of aromatic amines is 1. The van der Waals surface area contributed by atoms with E-state index in [1.54, 1.807) is 37.3 Å². The summed E-state index contributed by atoms with van der Waals surface area (Å²) in [5, 5.41) is 11.8. The van der Waals surface area contributed by atoms with Gasteiger partial charge in [0.25, 0.3) is 11.5 Å². The van der Waals surface area contributed by atoms with Crippen LogP contribution in [0.1, 0.15) is 16.2 Å². The molecule has 6 aromatic rings. The van der Waals surface area contributed by atoms with Crippen molar-refractivity contribution in [2.75, 3.05) is 5.32 Å². The summed E-state index contributed by atoms with van der Waals surface area (Å²) >= 11 is 0. The van der Waals surface area contributed by atoms with Crippen molar-refractivity contribution >= 4 is 33.7 Å². The van der Waals surface area contributed by atoms with Crippen LogP contribution in [0.5, 0.6) is 0 Å². The molecule has 2 aromatic carbocycles. The minimum absolute atomic E-state index is 0.00438. The SMILES string of the molecule is Cc1cc(NC(=O)c2cc(=O)c3ccccc3o2)n(-c2nc3c(cnn3-c3ccc(F)cc3)c(=O)[nH]2)n1.